The molecule has 2 aliphatic rings. The first-order chi connectivity index (χ1) is 14.1. The van der Waals surface area contributed by atoms with Gasteiger partial charge in [0.25, 0.3) is 5.91 Å². The second-order valence-corrected chi connectivity index (χ2v) is 8.81. The zero-order valence-electron chi connectivity index (χ0n) is 15.8. The summed E-state index contributed by atoms with van der Waals surface area (Å²) in [5.41, 5.74) is 4.66. The molecule has 2 aliphatic heterocycles. The minimum Gasteiger partial charge on any atom is -0.323 e. The summed E-state index contributed by atoms with van der Waals surface area (Å²) in [4.78, 5) is 30.9. The van der Waals surface area contributed by atoms with Crippen LogP contribution in [-0.4, -0.2) is 22.0 Å². The number of anilines is 2. The fourth-order valence-electron chi connectivity index (χ4n) is 4.06. The lowest BCUT2D eigenvalue weighted by molar-refractivity contribution is -0.122. The van der Waals surface area contributed by atoms with E-state index in [0.29, 0.717) is 0 Å². The first-order valence-corrected chi connectivity index (χ1v) is 10.4. The van der Waals surface area contributed by atoms with Crippen LogP contribution in [0.2, 0.25) is 0 Å². The first-order valence-electron chi connectivity index (χ1n) is 9.50. The Morgan fingerprint density at radius 1 is 1.00 bits per heavy atom. The number of carbonyl (C=O) groups is 2. The topological polar surface area (TPSA) is 62.3 Å². The molecule has 3 aromatic rings. The van der Waals surface area contributed by atoms with Crippen LogP contribution < -0.4 is 10.2 Å². The molecule has 2 aromatic carbocycles. The third-order valence-corrected chi connectivity index (χ3v) is 6.91. The number of aromatic nitrogens is 1. The number of hydrogen-bond donors (Lipinski definition) is 1. The molecule has 0 radical (unpaired) electrons. The molecule has 2 amide bonds. The van der Waals surface area contributed by atoms with Gasteiger partial charge in [-0.3, -0.25) is 19.5 Å². The van der Waals surface area contributed by atoms with Gasteiger partial charge in [-0.2, -0.15) is 0 Å². The van der Waals surface area contributed by atoms with Crippen molar-refractivity contribution in [3.63, 3.8) is 0 Å². The van der Waals surface area contributed by atoms with E-state index in [2.05, 4.69) is 10.3 Å². The molecule has 29 heavy (non-hydrogen) atoms. The number of rotatable bonds is 3. The molecule has 6 heteroatoms. The Hall–Kier alpha value is -3.12. The summed E-state index contributed by atoms with van der Waals surface area (Å²) in [5, 5.41) is 2.65. The summed E-state index contributed by atoms with van der Waals surface area (Å²) in [6.45, 7) is 1.86. The van der Waals surface area contributed by atoms with Crippen LogP contribution in [0.5, 0.6) is 0 Å². The molecule has 5 rings (SSSR count). The summed E-state index contributed by atoms with van der Waals surface area (Å²) in [5.74, 6) is -0.217. The van der Waals surface area contributed by atoms with E-state index in [4.69, 9.17) is 0 Å². The zero-order chi connectivity index (χ0) is 20.0. The number of benzene rings is 2. The predicted octanol–water partition coefficient (Wildman–Crippen LogP) is 3.95. The third-order valence-electron chi connectivity index (χ3n) is 5.43. The van der Waals surface area contributed by atoms with Gasteiger partial charge in [0.1, 0.15) is 0 Å². The Labute approximate surface area is 173 Å². The van der Waals surface area contributed by atoms with E-state index < -0.39 is 4.87 Å². The normalized spacial score (nSPS) is 22.8. The molecule has 2 atom stereocenters. The predicted molar refractivity (Wildman–Crippen MR) is 115 cm³/mol. The lowest BCUT2D eigenvalue weighted by Crippen LogP contribution is -2.47. The van der Waals surface area contributed by atoms with Crippen molar-refractivity contribution in [1.29, 1.82) is 0 Å². The van der Waals surface area contributed by atoms with Gasteiger partial charge in [-0.15, -0.1) is 11.8 Å². The number of nitrogens with zero attached hydrogens (tertiary/aromatic N) is 2. The molecular weight excluding hydrogens is 382 g/mol. The van der Waals surface area contributed by atoms with Crippen molar-refractivity contribution in [2.24, 2.45) is 0 Å². The van der Waals surface area contributed by atoms with E-state index in [1.165, 1.54) is 17.3 Å². The number of para-hydroxylation sites is 1. The quantitative estimate of drug-likeness (QED) is 0.722. The molecular formula is C23H19N3O2S. The van der Waals surface area contributed by atoms with Crippen LogP contribution in [-0.2, 0) is 20.9 Å². The molecule has 1 fully saturated rings. The Morgan fingerprint density at radius 3 is 2.45 bits per heavy atom. The Balaban J connectivity index is 1.54. The van der Waals surface area contributed by atoms with E-state index in [-0.39, 0.29) is 17.1 Å². The number of pyridine rings is 1. The average Bonchev–Trinajstić information content (AvgIpc) is 3.17. The Bertz CT molecular complexity index is 1100. The SMILES string of the molecule is C[C@H]1S[C@]2(C(=O)Nc3ccccc32)N(c2ccc(Cc3ccncc3)cc2)C1=O. The maximum Gasteiger partial charge on any atom is 0.266 e. The van der Waals surface area contributed by atoms with Crippen LogP contribution in [0.15, 0.2) is 73.1 Å². The van der Waals surface area contributed by atoms with E-state index in [1.807, 2.05) is 67.6 Å². The van der Waals surface area contributed by atoms with Crippen LogP contribution in [0.25, 0.3) is 0 Å². The smallest absolute Gasteiger partial charge is 0.266 e. The Morgan fingerprint density at radius 2 is 1.69 bits per heavy atom. The van der Waals surface area contributed by atoms with Crippen molar-refractivity contribution in [2.45, 2.75) is 23.5 Å². The Kier molecular flexibility index (Phi) is 4.17. The van der Waals surface area contributed by atoms with Crippen LogP contribution in [0.3, 0.4) is 0 Å². The molecule has 1 N–H and O–H groups in total. The second kappa shape index (κ2) is 6.74. The van der Waals surface area contributed by atoms with Crippen molar-refractivity contribution >= 4 is 35.0 Å². The largest absolute Gasteiger partial charge is 0.323 e. The van der Waals surface area contributed by atoms with Gasteiger partial charge < -0.3 is 5.32 Å². The fourth-order valence-corrected chi connectivity index (χ4v) is 5.54. The van der Waals surface area contributed by atoms with Crippen LogP contribution in [0.4, 0.5) is 11.4 Å². The van der Waals surface area contributed by atoms with Crippen molar-refractivity contribution in [3.8, 4) is 0 Å². The van der Waals surface area contributed by atoms with E-state index in [9.17, 15) is 9.59 Å². The number of amides is 2. The molecule has 5 nitrogen and oxygen atoms in total. The third kappa shape index (κ3) is 2.75. The van der Waals surface area contributed by atoms with E-state index in [0.717, 1.165) is 28.9 Å². The lowest BCUT2D eigenvalue weighted by Gasteiger charge is -2.32. The summed E-state index contributed by atoms with van der Waals surface area (Å²) in [6, 6.07) is 19.5. The van der Waals surface area contributed by atoms with Gasteiger partial charge in [-0.05, 0) is 54.8 Å². The van der Waals surface area contributed by atoms with Gasteiger partial charge in [-0.25, -0.2) is 0 Å². The molecule has 0 unspecified atom stereocenters. The maximum atomic E-state index is 13.1. The molecule has 144 valence electrons. The van der Waals surface area contributed by atoms with E-state index in [1.54, 1.807) is 17.3 Å². The summed E-state index contributed by atoms with van der Waals surface area (Å²) < 4.78 is 0. The van der Waals surface area contributed by atoms with Crippen molar-refractivity contribution in [3.05, 3.63) is 89.7 Å². The second-order valence-electron chi connectivity index (χ2n) is 7.28. The van der Waals surface area contributed by atoms with Gasteiger partial charge in [0.15, 0.2) is 0 Å². The highest BCUT2D eigenvalue weighted by Crippen LogP contribution is 2.55. The number of hydrogen-bond acceptors (Lipinski definition) is 4. The van der Waals surface area contributed by atoms with Crippen molar-refractivity contribution in [2.75, 3.05) is 10.2 Å². The van der Waals surface area contributed by atoms with Gasteiger partial charge in [0.05, 0.1) is 5.25 Å². The van der Waals surface area contributed by atoms with Crippen molar-refractivity contribution in [1.82, 2.24) is 4.98 Å². The highest BCUT2D eigenvalue weighted by Gasteiger charge is 2.60. The molecule has 0 saturated carbocycles. The highest BCUT2D eigenvalue weighted by atomic mass is 32.2. The van der Waals surface area contributed by atoms with E-state index >= 15 is 0 Å². The van der Waals surface area contributed by atoms with Crippen LogP contribution in [0, 0.1) is 0 Å². The van der Waals surface area contributed by atoms with Crippen LogP contribution >= 0.6 is 11.8 Å². The monoisotopic (exact) mass is 401 g/mol. The number of carbonyl (C=O) groups excluding carboxylic acids is 2. The first kappa shape index (κ1) is 17.9. The molecule has 1 saturated heterocycles. The molecule has 3 heterocycles. The number of thioether (sulfide) groups is 1. The standard InChI is InChI=1S/C23H19N3O2S/c1-15-21(27)26(23(29-15)19-4-2-3-5-20(19)25-22(23)28)18-8-6-16(7-9-18)14-17-10-12-24-13-11-17/h2-13,15H,14H2,1H3,(H,25,28)/t15-,23-/m1/s1. The number of nitrogens with one attached hydrogen (secondary N) is 1. The average molecular weight is 401 g/mol. The summed E-state index contributed by atoms with van der Waals surface area (Å²) in [7, 11) is 0. The minimum absolute atomic E-state index is 0.0521. The van der Waals surface area contributed by atoms with Gasteiger partial charge >= 0.3 is 0 Å². The molecule has 1 aromatic heterocycles. The van der Waals surface area contributed by atoms with Gasteiger partial charge in [0.2, 0.25) is 10.8 Å². The van der Waals surface area contributed by atoms with Crippen LogP contribution in [0.1, 0.15) is 23.6 Å². The molecule has 0 bridgehead atoms. The number of fused-ring (bicyclic) bond motifs is 2. The van der Waals surface area contributed by atoms with Gasteiger partial charge in [-0.1, -0.05) is 30.3 Å². The molecule has 0 aliphatic carbocycles. The summed E-state index contributed by atoms with van der Waals surface area (Å²) in [6.07, 6.45) is 4.35. The highest BCUT2D eigenvalue weighted by molar-refractivity contribution is 8.03. The van der Waals surface area contributed by atoms with Gasteiger partial charge in [0, 0.05) is 29.3 Å². The summed E-state index contributed by atoms with van der Waals surface area (Å²) >= 11 is 1.40. The molecule has 1 spiro atoms. The maximum absolute atomic E-state index is 13.1. The minimum atomic E-state index is -1.06. The zero-order valence-corrected chi connectivity index (χ0v) is 16.6. The fraction of sp³-hybridized carbons (Fsp3) is 0.174. The lowest BCUT2D eigenvalue weighted by atomic mass is 10.0. The van der Waals surface area contributed by atoms with Crippen molar-refractivity contribution < 1.29 is 9.59 Å².